The van der Waals surface area contributed by atoms with E-state index < -0.39 is 9.84 Å². The molecule has 102 valence electrons. The molecule has 0 bridgehead atoms. The fourth-order valence-corrected chi connectivity index (χ4v) is 3.72. The molecule has 0 amide bonds. The van der Waals surface area contributed by atoms with Crippen LogP contribution in [0.2, 0.25) is 0 Å². The molecule has 1 fully saturated rings. The predicted octanol–water partition coefficient (Wildman–Crippen LogP) is 0.870. The summed E-state index contributed by atoms with van der Waals surface area (Å²) in [4.78, 5) is 2.23. The third-order valence-corrected chi connectivity index (χ3v) is 5.46. The smallest absolute Gasteiger partial charge is 0.151 e. The van der Waals surface area contributed by atoms with Gasteiger partial charge in [0.1, 0.15) is 0 Å². The van der Waals surface area contributed by atoms with Crippen LogP contribution >= 0.6 is 0 Å². The highest BCUT2D eigenvalue weighted by molar-refractivity contribution is 7.91. The molecule has 1 rings (SSSR count). The zero-order valence-electron chi connectivity index (χ0n) is 11.3. The quantitative estimate of drug-likeness (QED) is 0.798. The molecule has 1 unspecified atom stereocenters. The Morgan fingerprint density at radius 2 is 2.00 bits per heavy atom. The maximum Gasteiger partial charge on any atom is 0.151 e. The molecule has 2 N–H and O–H groups in total. The van der Waals surface area contributed by atoms with Gasteiger partial charge in [0.15, 0.2) is 9.84 Å². The first-order valence-electron chi connectivity index (χ1n) is 6.45. The Morgan fingerprint density at radius 3 is 2.53 bits per heavy atom. The minimum absolute atomic E-state index is 0.0900. The van der Waals surface area contributed by atoms with Crippen LogP contribution in [0.3, 0.4) is 0 Å². The summed E-state index contributed by atoms with van der Waals surface area (Å²) in [7, 11) is -2.85. The summed E-state index contributed by atoms with van der Waals surface area (Å²) in [6.07, 6.45) is 1.67. The fourth-order valence-electron chi connectivity index (χ4n) is 2.36. The van der Waals surface area contributed by atoms with Gasteiger partial charge in [0.25, 0.3) is 0 Å². The molecule has 0 radical (unpaired) electrons. The molecule has 4 nitrogen and oxygen atoms in total. The molecular formula is C12H26N2O2S. The van der Waals surface area contributed by atoms with Crippen molar-refractivity contribution in [1.82, 2.24) is 4.90 Å². The highest BCUT2D eigenvalue weighted by Gasteiger charge is 2.33. The lowest BCUT2D eigenvalue weighted by molar-refractivity contribution is 0.101. The second kappa shape index (κ2) is 5.67. The Balaban J connectivity index is 2.44. The van der Waals surface area contributed by atoms with Crippen molar-refractivity contribution in [1.29, 1.82) is 0 Å². The number of sulfone groups is 1. The molecule has 0 aromatic carbocycles. The summed E-state index contributed by atoms with van der Waals surface area (Å²) in [5.41, 5.74) is 6.15. The Hall–Kier alpha value is -0.130. The highest BCUT2D eigenvalue weighted by Crippen LogP contribution is 2.27. The number of likely N-dealkylation sites (tertiary alicyclic amines) is 1. The van der Waals surface area contributed by atoms with E-state index in [4.69, 9.17) is 5.73 Å². The van der Waals surface area contributed by atoms with Crippen molar-refractivity contribution in [3.63, 3.8) is 0 Å². The molecule has 0 aromatic rings. The number of hydrogen-bond donors (Lipinski definition) is 1. The van der Waals surface area contributed by atoms with E-state index in [-0.39, 0.29) is 17.2 Å². The van der Waals surface area contributed by atoms with Gasteiger partial charge in [-0.2, -0.15) is 0 Å². The molecule has 1 atom stereocenters. The first-order chi connectivity index (χ1) is 7.77. The zero-order valence-corrected chi connectivity index (χ0v) is 12.1. The number of rotatable bonds is 5. The van der Waals surface area contributed by atoms with E-state index in [0.29, 0.717) is 18.7 Å². The Bertz CT molecular complexity index is 338. The molecule has 1 aliphatic heterocycles. The first-order valence-corrected chi connectivity index (χ1v) is 8.27. The number of hydrogen-bond acceptors (Lipinski definition) is 4. The van der Waals surface area contributed by atoms with Crippen molar-refractivity contribution in [2.75, 3.05) is 31.1 Å². The van der Waals surface area contributed by atoms with Crippen LogP contribution < -0.4 is 5.73 Å². The van der Waals surface area contributed by atoms with Crippen LogP contribution in [-0.4, -0.2) is 50.5 Å². The van der Waals surface area contributed by atoms with Crippen molar-refractivity contribution in [2.45, 2.75) is 39.7 Å². The standard InChI is InChI=1S/C12H26N2O2S/c1-4-8-17(15,16)9-7-14-6-5-11(13)12(2,3)10-14/h11H,4-10,13H2,1-3H3. The Kier molecular flexibility index (Phi) is 4.98. The zero-order chi connectivity index (χ0) is 13.1. The van der Waals surface area contributed by atoms with Crippen LogP contribution in [0, 0.1) is 5.41 Å². The average Bonchev–Trinajstić information content (AvgIpc) is 2.20. The van der Waals surface area contributed by atoms with E-state index in [1.807, 2.05) is 6.92 Å². The van der Waals surface area contributed by atoms with E-state index in [2.05, 4.69) is 18.7 Å². The van der Waals surface area contributed by atoms with Gasteiger partial charge in [0.05, 0.1) is 5.75 Å². The largest absolute Gasteiger partial charge is 0.327 e. The summed E-state index contributed by atoms with van der Waals surface area (Å²) in [5.74, 6) is 0.593. The maximum absolute atomic E-state index is 11.6. The molecule has 17 heavy (non-hydrogen) atoms. The Morgan fingerprint density at radius 1 is 1.35 bits per heavy atom. The van der Waals surface area contributed by atoms with Crippen LogP contribution in [0.25, 0.3) is 0 Å². The molecule has 0 aromatic heterocycles. The second-order valence-corrected chi connectivity index (χ2v) is 8.12. The van der Waals surface area contributed by atoms with Crippen molar-refractivity contribution in [2.24, 2.45) is 11.1 Å². The van der Waals surface area contributed by atoms with Crippen LogP contribution in [0.15, 0.2) is 0 Å². The number of piperidine rings is 1. The van der Waals surface area contributed by atoms with Crippen LogP contribution in [0.4, 0.5) is 0 Å². The molecule has 0 spiro atoms. The lowest BCUT2D eigenvalue weighted by Crippen LogP contribution is -2.53. The molecule has 1 heterocycles. The van der Waals surface area contributed by atoms with Gasteiger partial charge in [0.2, 0.25) is 0 Å². The van der Waals surface area contributed by atoms with Crippen molar-refractivity contribution < 1.29 is 8.42 Å². The SMILES string of the molecule is CCCS(=O)(=O)CCN1CCC(N)C(C)(C)C1. The lowest BCUT2D eigenvalue weighted by Gasteiger charge is -2.42. The van der Waals surface area contributed by atoms with E-state index in [0.717, 1.165) is 19.5 Å². The lowest BCUT2D eigenvalue weighted by atomic mass is 9.80. The van der Waals surface area contributed by atoms with Gasteiger partial charge in [0, 0.05) is 24.9 Å². The van der Waals surface area contributed by atoms with E-state index in [1.165, 1.54) is 0 Å². The number of nitrogens with two attached hydrogens (primary N) is 1. The van der Waals surface area contributed by atoms with Crippen molar-refractivity contribution >= 4 is 9.84 Å². The third-order valence-electron chi connectivity index (χ3n) is 3.62. The molecule has 0 aliphatic carbocycles. The van der Waals surface area contributed by atoms with Crippen LogP contribution in [0.1, 0.15) is 33.6 Å². The first kappa shape index (κ1) is 14.9. The second-order valence-electron chi connectivity index (χ2n) is 5.81. The maximum atomic E-state index is 11.6. The normalized spacial score (nSPS) is 26.0. The predicted molar refractivity (Wildman–Crippen MR) is 71.8 cm³/mol. The Labute approximate surface area is 105 Å². The van der Waals surface area contributed by atoms with Gasteiger partial charge in [-0.1, -0.05) is 20.8 Å². The van der Waals surface area contributed by atoms with E-state index in [9.17, 15) is 8.42 Å². The summed E-state index contributed by atoms with van der Waals surface area (Å²) in [5, 5.41) is 0. The molecule has 5 heteroatoms. The van der Waals surface area contributed by atoms with Gasteiger partial charge in [-0.15, -0.1) is 0 Å². The van der Waals surface area contributed by atoms with Gasteiger partial charge < -0.3 is 10.6 Å². The van der Waals surface area contributed by atoms with Gasteiger partial charge in [-0.05, 0) is 24.8 Å². The monoisotopic (exact) mass is 262 g/mol. The highest BCUT2D eigenvalue weighted by atomic mass is 32.2. The molecular weight excluding hydrogens is 236 g/mol. The average molecular weight is 262 g/mol. The van der Waals surface area contributed by atoms with Gasteiger partial charge in [-0.25, -0.2) is 8.42 Å². The van der Waals surface area contributed by atoms with Crippen molar-refractivity contribution in [3.05, 3.63) is 0 Å². The molecule has 1 aliphatic rings. The van der Waals surface area contributed by atoms with Crippen LogP contribution in [0.5, 0.6) is 0 Å². The third kappa shape index (κ3) is 4.56. The fraction of sp³-hybridized carbons (Fsp3) is 1.00. The minimum Gasteiger partial charge on any atom is -0.327 e. The van der Waals surface area contributed by atoms with E-state index in [1.54, 1.807) is 0 Å². The summed E-state index contributed by atoms with van der Waals surface area (Å²) in [6, 6.07) is 0.228. The van der Waals surface area contributed by atoms with Gasteiger partial charge in [-0.3, -0.25) is 0 Å². The van der Waals surface area contributed by atoms with Gasteiger partial charge >= 0.3 is 0 Å². The van der Waals surface area contributed by atoms with Crippen LogP contribution in [-0.2, 0) is 9.84 Å². The van der Waals surface area contributed by atoms with E-state index >= 15 is 0 Å². The molecule has 0 saturated carbocycles. The summed E-state index contributed by atoms with van der Waals surface area (Å²) < 4.78 is 23.3. The summed E-state index contributed by atoms with van der Waals surface area (Å²) in [6.45, 7) is 8.69. The topological polar surface area (TPSA) is 63.4 Å². The number of nitrogens with zero attached hydrogens (tertiary/aromatic N) is 1. The van der Waals surface area contributed by atoms with Crippen molar-refractivity contribution in [3.8, 4) is 0 Å². The summed E-state index contributed by atoms with van der Waals surface area (Å²) >= 11 is 0. The minimum atomic E-state index is -2.85. The molecule has 1 saturated heterocycles.